The number of fused-ring (bicyclic) bond motifs is 2. The van der Waals surface area contributed by atoms with Crippen molar-refractivity contribution in [3.63, 3.8) is 0 Å². The van der Waals surface area contributed by atoms with E-state index in [1.807, 2.05) is 62.4 Å². The molecule has 1 aliphatic heterocycles. The van der Waals surface area contributed by atoms with Gasteiger partial charge in [0.15, 0.2) is 5.79 Å². The van der Waals surface area contributed by atoms with Gasteiger partial charge in [0, 0.05) is 0 Å². The third kappa shape index (κ3) is 5.06. The summed E-state index contributed by atoms with van der Waals surface area (Å²) in [5.41, 5.74) is -1.08. The molecule has 4 atom stereocenters. The first-order valence-electron chi connectivity index (χ1n) is 21.8. The molecule has 0 radical (unpaired) electrons. The molecule has 1 aliphatic rings. The number of hydrogen-bond acceptors (Lipinski definition) is 4. The van der Waals surface area contributed by atoms with Crippen molar-refractivity contribution in [2.75, 3.05) is 0 Å². The molecular formula is C59H42O4. The van der Waals surface area contributed by atoms with Crippen LogP contribution in [0.15, 0.2) is 194 Å². The van der Waals surface area contributed by atoms with Gasteiger partial charge in [0.1, 0.15) is 23.4 Å². The van der Waals surface area contributed by atoms with Gasteiger partial charge >= 0.3 is 0 Å². The van der Waals surface area contributed by atoms with Gasteiger partial charge in [0.05, 0.1) is 0 Å². The lowest BCUT2D eigenvalue weighted by atomic mass is 9.69. The molecule has 0 aromatic heterocycles. The first kappa shape index (κ1) is 36.7. The van der Waals surface area contributed by atoms with Crippen LogP contribution < -0.4 is 0 Å². The van der Waals surface area contributed by atoms with Crippen molar-refractivity contribution in [3.05, 3.63) is 216 Å². The number of rotatable bonds is 6. The highest BCUT2D eigenvalue weighted by Gasteiger charge is 2.62. The van der Waals surface area contributed by atoms with Gasteiger partial charge in [-0.05, 0) is 122 Å². The SMILES string of the molecule is CC1(C)O[C@@H](C(O)(c2cccc3ccccc23)c2ccc3ccc4cccc5ccc2c3c45)[C@H](C(O)(c2cccc3ccccc23)c2ccc3ccc4cccc5ccc2c3c45)O1. The second-order valence-electron chi connectivity index (χ2n) is 18.0. The zero-order valence-corrected chi connectivity index (χ0v) is 34.8. The number of aliphatic hydroxyl groups is 2. The minimum atomic E-state index is -1.88. The summed E-state index contributed by atoms with van der Waals surface area (Å²) in [6, 6.07) is 67.0. The van der Waals surface area contributed by atoms with Crippen LogP contribution in [0.4, 0.5) is 0 Å². The fraction of sp³-hybridized carbons (Fsp3) is 0.119. The lowest BCUT2D eigenvalue weighted by molar-refractivity contribution is -0.172. The van der Waals surface area contributed by atoms with Crippen LogP contribution in [-0.4, -0.2) is 28.2 Å². The topological polar surface area (TPSA) is 58.9 Å². The summed E-state index contributed by atoms with van der Waals surface area (Å²) in [4.78, 5) is 0. The lowest BCUT2D eigenvalue weighted by Gasteiger charge is -2.44. The molecule has 0 spiro atoms. The van der Waals surface area contributed by atoms with Crippen molar-refractivity contribution in [2.45, 2.75) is 43.0 Å². The smallest absolute Gasteiger partial charge is 0.164 e. The fourth-order valence-electron chi connectivity index (χ4n) is 11.5. The van der Waals surface area contributed by atoms with Crippen LogP contribution >= 0.6 is 0 Å². The van der Waals surface area contributed by atoms with Crippen LogP contribution in [0, 0.1) is 0 Å². The predicted octanol–water partition coefficient (Wildman–Crippen LogP) is 13.5. The van der Waals surface area contributed by atoms with Gasteiger partial charge in [-0.15, -0.1) is 0 Å². The molecule has 302 valence electrons. The molecule has 63 heavy (non-hydrogen) atoms. The molecule has 1 fully saturated rings. The van der Waals surface area contributed by atoms with Crippen LogP contribution in [0.2, 0.25) is 0 Å². The Bertz CT molecular complexity index is 3510. The van der Waals surface area contributed by atoms with Crippen molar-refractivity contribution in [1.82, 2.24) is 0 Å². The van der Waals surface area contributed by atoms with Gasteiger partial charge in [-0.2, -0.15) is 0 Å². The van der Waals surface area contributed by atoms with E-state index in [-0.39, 0.29) is 0 Å². The van der Waals surface area contributed by atoms with E-state index in [0.717, 1.165) is 86.2 Å². The molecular weight excluding hydrogens is 773 g/mol. The Hall–Kier alpha value is -6.92. The minimum absolute atomic E-state index is 0.669. The van der Waals surface area contributed by atoms with Crippen molar-refractivity contribution in [2.24, 2.45) is 0 Å². The third-order valence-corrected chi connectivity index (χ3v) is 14.2. The van der Waals surface area contributed by atoms with Crippen molar-refractivity contribution >= 4 is 86.2 Å². The summed E-state index contributed by atoms with van der Waals surface area (Å²) in [5, 5.41) is 46.1. The predicted molar refractivity (Wildman–Crippen MR) is 258 cm³/mol. The van der Waals surface area contributed by atoms with E-state index in [1.54, 1.807) is 0 Å². The summed E-state index contributed by atoms with van der Waals surface area (Å²) in [6.45, 7) is 3.78. The first-order chi connectivity index (χ1) is 30.7. The maximum Gasteiger partial charge on any atom is 0.164 e. The Balaban J connectivity index is 1.16. The van der Waals surface area contributed by atoms with E-state index in [4.69, 9.17) is 9.47 Å². The second kappa shape index (κ2) is 13.1. The van der Waals surface area contributed by atoms with Gasteiger partial charge in [-0.3, -0.25) is 0 Å². The molecule has 4 heteroatoms. The average molecular weight is 815 g/mol. The Kier molecular flexibility index (Phi) is 7.61. The highest BCUT2D eigenvalue weighted by molar-refractivity contribution is 6.25. The van der Waals surface area contributed by atoms with Gasteiger partial charge < -0.3 is 19.7 Å². The van der Waals surface area contributed by atoms with E-state index in [2.05, 4.69) is 146 Å². The monoisotopic (exact) mass is 814 g/mol. The molecule has 0 amide bonds. The summed E-state index contributed by atoms with van der Waals surface area (Å²) in [7, 11) is 0. The van der Waals surface area contributed by atoms with Crippen LogP contribution in [-0.2, 0) is 20.7 Å². The standard InChI is InChI=1S/C59H42O4/c1-57(2)62-55(58(60,47-21-9-13-35-11-3-5-19-43(35)47)49-33-29-41-25-23-37-15-7-17-39-27-31-45(49)53(41)51(37)39)56(63-57)59(61,48-22-10-14-36-12-4-6-20-44(36)48)50-34-30-42-26-24-38-16-8-18-40-28-32-46(50)54(42)52(38)40/h3-34,55-56,60-61H,1-2H3/t55-,56-,58?,59?/m1/s1. The van der Waals surface area contributed by atoms with E-state index in [1.165, 1.54) is 0 Å². The van der Waals surface area contributed by atoms with Crippen LogP contribution in [0.25, 0.3) is 86.2 Å². The number of benzene rings is 12. The zero-order valence-electron chi connectivity index (χ0n) is 34.8. The minimum Gasteiger partial charge on any atom is -0.377 e. The van der Waals surface area contributed by atoms with Crippen LogP contribution in [0.5, 0.6) is 0 Å². The molecule has 13 rings (SSSR count). The largest absolute Gasteiger partial charge is 0.377 e. The Morgan fingerprint density at radius 3 is 1.05 bits per heavy atom. The first-order valence-corrected chi connectivity index (χ1v) is 21.8. The molecule has 12 aromatic rings. The van der Waals surface area contributed by atoms with E-state index in [9.17, 15) is 10.2 Å². The quantitative estimate of drug-likeness (QED) is 0.164. The fourth-order valence-corrected chi connectivity index (χ4v) is 11.5. The molecule has 1 heterocycles. The second-order valence-corrected chi connectivity index (χ2v) is 18.0. The molecule has 12 aromatic carbocycles. The number of ether oxygens (including phenoxy) is 2. The maximum absolute atomic E-state index is 14.7. The van der Waals surface area contributed by atoms with Crippen molar-refractivity contribution in [1.29, 1.82) is 0 Å². The highest BCUT2D eigenvalue weighted by Crippen LogP contribution is 2.55. The van der Waals surface area contributed by atoms with Crippen molar-refractivity contribution < 1.29 is 19.7 Å². The summed E-state index contributed by atoms with van der Waals surface area (Å²) in [6.07, 6.45) is -2.31. The van der Waals surface area contributed by atoms with Crippen LogP contribution in [0.1, 0.15) is 36.1 Å². The Morgan fingerprint density at radius 2 is 0.619 bits per heavy atom. The Labute approximate surface area is 363 Å². The third-order valence-electron chi connectivity index (χ3n) is 14.2. The normalized spacial score (nSPS) is 18.7. The molecule has 0 saturated carbocycles. The molecule has 2 N–H and O–H groups in total. The molecule has 1 saturated heterocycles. The summed E-state index contributed by atoms with van der Waals surface area (Å²) in [5.74, 6) is -1.24. The average Bonchev–Trinajstić information content (AvgIpc) is 3.67. The molecule has 4 nitrogen and oxygen atoms in total. The van der Waals surface area contributed by atoms with E-state index >= 15 is 0 Å². The van der Waals surface area contributed by atoms with Gasteiger partial charge in [-0.1, -0.05) is 194 Å². The van der Waals surface area contributed by atoms with Crippen LogP contribution in [0.3, 0.4) is 0 Å². The Morgan fingerprint density at radius 1 is 0.317 bits per heavy atom. The maximum atomic E-state index is 14.7. The highest BCUT2D eigenvalue weighted by atomic mass is 16.8. The number of hydrogen-bond donors (Lipinski definition) is 2. The lowest BCUT2D eigenvalue weighted by Crippen LogP contribution is -2.55. The summed E-state index contributed by atoms with van der Waals surface area (Å²) < 4.78 is 14.5. The van der Waals surface area contributed by atoms with E-state index < -0.39 is 29.2 Å². The van der Waals surface area contributed by atoms with Crippen molar-refractivity contribution in [3.8, 4) is 0 Å². The molecule has 2 unspecified atom stereocenters. The van der Waals surface area contributed by atoms with Gasteiger partial charge in [-0.25, -0.2) is 0 Å². The zero-order chi connectivity index (χ0) is 42.2. The van der Waals surface area contributed by atoms with E-state index in [0.29, 0.717) is 22.3 Å². The van der Waals surface area contributed by atoms with Gasteiger partial charge in [0.2, 0.25) is 0 Å². The molecule has 0 aliphatic carbocycles. The van der Waals surface area contributed by atoms with Gasteiger partial charge in [0.25, 0.3) is 0 Å². The molecule has 0 bridgehead atoms. The summed E-state index contributed by atoms with van der Waals surface area (Å²) >= 11 is 0.